The lowest BCUT2D eigenvalue weighted by molar-refractivity contribution is -0.137. The highest BCUT2D eigenvalue weighted by molar-refractivity contribution is 9.10. The van der Waals surface area contributed by atoms with E-state index >= 15 is 0 Å². The van der Waals surface area contributed by atoms with Crippen LogP contribution in [0, 0.1) is 0 Å². The first-order valence-corrected chi connectivity index (χ1v) is 7.09. The van der Waals surface area contributed by atoms with E-state index in [0.717, 1.165) is 17.1 Å². The summed E-state index contributed by atoms with van der Waals surface area (Å²) in [5.74, 6) is 0.284. The van der Waals surface area contributed by atoms with Crippen LogP contribution in [0.15, 0.2) is 53.5 Å². The van der Waals surface area contributed by atoms with Crippen LogP contribution in [0.2, 0.25) is 0 Å². The van der Waals surface area contributed by atoms with Gasteiger partial charge in [0.2, 0.25) is 0 Å². The zero-order chi connectivity index (χ0) is 16.4. The maximum atomic E-state index is 12.7. The molecule has 3 aromatic rings. The molecule has 0 N–H and O–H groups in total. The first-order chi connectivity index (χ1) is 10.9. The van der Waals surface area contributed by atoms with Gasteiger partial charge in [-0.25, -0.2) is 14.6 Å². The summed E-state index contributed by atoms with van der Waals surface area (Å²) in [6.07, 6.45) is 0.196. The fourth-order valence-electron chi connectivity index (χ4n) is 1.79. The summed E-state index contributed by atoms with van der Waals surface area (Å²) in [6.45, 7) is 0. The normalized spacial score (nSPS) is 11.5. The molecule has 3 rings (SSSR count). The minimum atomic E-state index is -4.46. The fourth-order valence-corrected chi connectivity index (χ4v) is 1.99. The van der Waals surface area contributed by atoms with Gasteiger partial charge in [0.25, 0.3) is 0 Å². The second kappa shape index (κ2) is 5.99. The van der Waals surface area contributed by atoms with Gasteiger partial charge in [-0.05, 0) is 28.1 Å². The third kappa shape index (κ3) is 3.50. The Bertz CT molecular complexity index is 817. The molecule has 9 heteroatoms. The molecule has 0 aliphatic heterocycles. The highest BCUT2D eigenvalue weighted by atomic mass is 79.9. The van der Waals surface area contributed by atoms with Gasteiger partial charge in [-0.3, -0.25) is 0 Å². The monoisotopic (exact) mass is 384 g/mol. The quantitative estimate of drug-likeness (QED) is 0.677. The van der Waals surface area contributed by atoms with Crippen LogP contribution in [0.3, 0.4) is 0 Å². The third-order valence-corrected chi connectivity index (χ3v) is 3.23. The molecule has 0 saturated carbocycles. The molecular weight excluding hydrogens is 377 g/mol. The lowest BCUT2D eigenvalue weighted by Gasteiger charge is -2.09. The Morgan fingerprint density at radius 2 is 1.74 bits per heavy atom. The van der Waals surface area contributed by atoms with Gasteiger partial charge in [0.15, 0.2) is 5.75 Å². The van der Waals surface area contributed by atoms with Crippen molar-refractivity contribution in [1.82, 2.24) is 19.7 Å². The summed E-state index contributed by atoms with van der Waals surface area (Å²) in [5, 5.41) is 3.74. The largest absolute Gasteiger partial charge is 0.422 e. The third-order valence-electron chi connectivity index (χ3n) is 2.82. The van der Waals surface area contributed by atoms with Crippen LogP contribution in [0.1, 0.15) is 5.56 Å². The van der Waals surface area contributed by atoms with Crippen LogP contribution in [0.25, 0.3) is 5.69 Å². The van der Waals surface area contributed by atoms with Crippen LogP contribution in [0.4, 0.5) is 13.2 Å². The van der Waals surface area contributed by atoms with E-state index in [1.807, 2.05) is 0 Å². The maximum Gasteiger partial charge on any atom is 0.419 e. The highest BCUT2D eigenvalue weighted by Crippen LogP contribution is 2.31. The molecular formula is C14H8BrF3N4O. The summed E-state index contributed by atoms with van der Waals surface area (Å²) in [4.78, 5) is 7.93. The number of hydrogen-bond acceptors (Lipinski definition) is 4. The molecule has 23 heavy (non-hydrogen) atoms. The Balaban J connectivity index is 1.94. The average Bonchev–Trinajstić information content (AvgIpc) is 3.00. The molecule has 0 spiro atoms. The van der Waals surface area contributed by atoms with Crippen molar-refractivity contribution in [2.24, 2.45) is 0 Å². The van der Waals surface area contributed by atoms with Crippen LogP contribution >= 0.6 is 15.9 Å². The fraction of sp³-hybridized carbons (Fsp3) is 0.0714. The van der Waals surface area contributed by atoms with Gasteiger partial charge in [-0.1, -0.05) is 12.1 Å². The van der Waals surface area contributed by atoms with E-state index in [1.54, 1.807) is 24.3 Å². The smallest absolute Gasteiger partial charge is 0.419 e. The highest BCUT2D eigenvalue weighted by Gasteiger charge is 2.32. The molecule has 0 unspecified atom stereocenters. The van der Waals surface area contributed by atoms with Gasteiger partial charge in [0.1, 0.15) is 5.69 Å². The molecule has 2 heterocycles. The van der Waals surface area contributed by atoms with E-state index in [2.05, 4.69) is 31.0 Å². The summed E-state index contributed by atoms with van der Waals surface area (Å²) in [7, 11) is 0. The van der Waals surface area contributed by atoms with Gasteiger partial charge < -0.3 is 4.74 Å². The molecule has 0 fully saturated rings. The number of rotatable bonds is 3. The Labute approximate surface area is 136 Å². The van der Waals surface area contributed by atoms with E-state index in [4.69, 9.17) is 4.74 Å². The summed E-state index contributed by atoms with van der Waals surface area (Å²) in [5.41, 5.74) is -0.498. The number of para-hydroxylation sites is 2. The van der Waals surface area contributed by atoms with E-state index in [-0.39, 0.29) is 11.8 Å². The number of halogens is 4. The zero-order valence-corrected chi connectivity index (χ0v) is 12.9. The Hall–Kier alpha value is -2.42. The Kier molecular flexibility index (Phi) is 4.03. The number of alkyl halides is 3. The number of ether oxygens (including phenoxy) is 1. The van der Waals surface area contributed by atoms with Crippen molar-refractivity contribution in [2.75, 3.05) is 0 Å². The molecule has 118 valence electrons. The molecule has 0 saturated heterocycles. The van der Waals surface area contributed by atoms with E-state index in [9.17, 15) is 13.2 Å². The van der Waals surface area contributed by atoms with Gasteiger partial charge in [-0.2, -0.15) is 18.3 Å². The topological polar surface area (TPSA) is 52.8 Å². The lowest BCUT2D eigenvalue weighted by Crippen LogP contribution is -2.03. The molecule has 0 amide bonds. The van der Waals surface area contributed by atoms with Crippen LogP contribution in [-0.4, -0.2) is 19.7 Å². The first-order valence-electron chi connectivity index (χ1n) is 6.30. The first kappa shape index (κ1) is 15.5. The van der Waals surface area contributed by atoms with Gasteiger partial charge >= 0.3 is 12.2 Å². The van der Waals surface area contributed by atoms with Crippen molar-refractivity contribution in [3.8, 4) is 17.4 Å². The molecule has 0 radical (unpaired) electrons. The minimum Gasteiger partial charge on any atom is -0.422 e. The van der Waals surface area contributed by atoms with Gasteiger partial charge in [0.05, 0.1) is 16.2 Å². The van der Waals surface area contributed by atoms with Crippen molar-refractivity contribution < 1.29 is 17.9 Å². The van der Waals surface area contributed by atoms with E-state index in [0.29, 0.717) is 10.2 Å². The number of benzene rings is 1. The van der Waals surface area contributed by atoms with Gasteiger partial charge in [0, 0.05) is 18.6 Å². The number of hydrogen-bond donors (Lipinski definition) is 0. The van der Waals surface area contributed by atoms with Crippen molar-refractivity contribution >= 4 is 15.9 Å². The minimum absolute atomic E-state index is 0.0730. The molecule has 0 bridgehead atoms. The number of nitrogens with zero attached hydrogens (tertiary/aromatic N) is 4. The standard InChI is InChI=1S/C14H8BrF3N4O/c15-10-6-19-13(20-7-10)23-12-4-2-1-3-11(12)22-8-9(5-21-22)14(16,17)18/h1-8H. The van der Waals surface area contributed by atoms with Crippen molar-refractivity contribution in [2.45, 2.75) is 6.18 Å². The summed E-state index contributed by atoms with van der Waals surface area (Å²) >= 11 is 3.20. The molecule has 1 aromatic carbocycles. The molecule has 2 aromatic heterocycles. The molecule has 5 nitrogen and oxygen atoms in total. The SMILES string of the molecule is FC(F)(F)c1cnn(-c2ccccc2Oc2ncc(Br)cn2)c1. The van der Waals surface area contributed by atoms with Crippen molar-refractivity contribution in [3.63, 3.8) is 0 Å². The average molecular weight is 385 g/mol. The maximum absolute atomic E-state index is 12.7. The number of aromatic nitrogens is 4. The van der Waals surface area contributed by atoms with Crippen molar-refractivity contribution in [1.29, 1.82) is 0 Å². The second-order valence-electron chi connectivity index (χ2n) is 4.42. The summed E-state index contributed by atoms with van der Waals surface area (Å²) in [6, 6.07) is 6.60. The lowest BCUT2D eigenvalue weighted by atomic mass is 10.3. The molecule has 0 atom stereocenters. The second-order valence-corrected chi connectivity index (χ2v) is 5.34. The van der Waals surface area contributed by atoms with Crippen LogP contribution < -0.4 is 4.74 Å². The van der Waals surface area contributed by atoms with Crippen molar-refractivity contribution in [3.05, 3.63) is 59.1 Å². The summed E-state index contributed by atoms with van der Waals surface area (Å²) < 4.78 is 45.4. The van der Waals surface area contributed by atoms with Crippen LogP contribution in [-0.2, 0) is 6.18 Å². The molecule has 0 aliphatic rings. The molecule has 0 aliphatic carbocycles. The predicted molar refractivity (Wildman–Crippen MR) is 78.4 cm³/mol. The Morgan fingerprint density at radius 3 is 2.39 bits per heavy atom. The van der Waals surface area contributed by atoms with E-state index in [1.165, 1.54) is 12.4 Å². The van der Waals surface area contributed by atoms with Crippen LogP contribution in [0.5, 0.6) is 11.8 Å². The zero-order valence-electron chi connectivity index (χ0n) is 11.3. The van der Waals surface area contributed by atoms with E-state index < -0.39 is 11.7 Å². The Morgan fingerprint density at radius 1 is 1.04 bits per heavy atom. The predicted octanol–water partition coefficient (Wildman–Crippen LogP) is 4.24. The van der Waals surface area contributed by atoms with Gasteiger partial charge in [-0.15, -0.1) is 0 Å².